The van der Waals surface area contributed by atoms with Crippen LogP contribution in [0.25, 0.3) is 0 Å². The van der Waals surface area contributed by atoms with Gasteiger partial charge in [0.05, 0.1) is 10.0 Å². The molecule has 24 heavy (non-hydrogen) atoms. The van der Waals surface area contributed by atoms with Crippen LogP contribution in [0.4, 0.5) is 0 Å². The van der Waals surface area contributed by atoms with E-state index in [2.05, 4.69) is 32.4 Å². The Labute approximate surface area is 155 Å². The van der Waals surface area contributed by atoms with Crippen LogP contribution in [0.15, 0.2) is 40.0 Å². The van der Waals surface area contributed by atoms with Gasteiger partial charge < -0.3 is 16.0 Å². The molecule has 5 nitrogen and oxygen atoms in total. The zero-order valence-electron chi connectivity index (χ0n) is 13.1. The normalized spacial score (nSPS) is 11.2. The van der Waals surface area contributed by atoms with Crippen LogP contribution in [0, 0.1) is 0 Å². The van der Waals surface area contributed by atoms with Gasteiger partial charge in [-0.2, -0.15) is 11.3 Å². The summed E-state index contributed by atoms with van der Waals surface area (Å²) in [5, 5.41) is 14.1. The molecule has 3 N–H and O–H groups in total. The average molecular weight is 385 g/mol. The van der Waals surface area contributed by atoms with E-state index in [0.29, 0.717) is 41.2 Å². The Morgan fingerprint density at radius 1 is 1.12 bits per heavy atom. The van der Waals surface area contributed by atoms with Gasteiger partial charge in [0.25, 0.3) is 5.91 Å². The fourth-order valence-electron chi connectivity index (χ4n) is 1.90. The first-order chi connectivity index (χ1) is 11.6. The van der Waals surface area contributed by atoms with E-state index in [1.807, 2.05) is 5.38 Å². The Kier molecular flexibility index (Phi) is 7.36. The monoisotopic (exact) mass is 384 g/mol. The van der Waals surface area contributed by atoms with E-state index >= 15 is 0 Å². The molecular formula is C16H18Cl2N4OS. The number of guanidine groups is 1. The van der Waals surface area contributed by atoms with Crippen molar-refractivity contribution in [2.75, 3.05) is 20.1 Å². The van der Waals surface area contributed by atoms with Gasteiger partial charge in [-0.1, -0.05) is 23.2 Å². The third-order valence-electron chi connectivity index (χ3n) is 3.15. The van der Waals surface area contributed by atoms with Crippen molar-refractivity contribution in [2.45, 2.75) is 6.54 Å². The Balaban J connectivity index is 1.70. The number of halogens is 2. The van der Waals surface area contributed by atoms with Gasteiger partial charge in [-0.25, -0.2) is 0 Å². The van der Waals surface area contributed by atoms with E-state index in [4.69, 9.17) is 23.2 Å². The zero-order chi connectivity index (χ0) is 17.4. The molecule has 1 aromatic carbocycles. The molecule has 0 unspecified atom stereocenters. The molecule has 0 aliphatic heterocycles. The molecular weight excluding hydrogens is 367 g/mol. The lowest BCUT2D eigenvalue weighted by atomic mass is 10.2. The van der Waals surface area contributed by atoms with E-state index in [1.165, 1.54) is 5.56 Å². The number of carbonyl (C=O) groups is 1. The molecule has 0 saturated heterocycles. The van der Waals surface area contributed by atoms with E-state index in [1.54, 1.807) is 36.6 Å². The summed E-state index contributed by atoms with van der Waals surface area (Å²) >= 11 is 13.4. The summed E-state index contributed by atoms with van der Waals surface area (Å²) in [6, 6.07) is 6.85. The molecule has 0 spiro atoms. The van der Waals surface area contributed by atoms with Crippen LogP contribution in [0.1, 0.15) is 15.9 Å². The number of amides is 1. The molecule has 128 valence electrons. The van der Waals surface area contributed by atoms with Gasteiger partial charge in [-0.3, -0.25) is 9.79 Å². The van der Waals surface area contributed by atoms with Crippen molar-refractivity contribution in [3.8, 4) is 0 Å². The second kappa shape index (κ2) is 9.52. The minimum absolute atomic E-state index is 0.198. The van der Waals surface area contributed by atoms with Gasteiger partial charge in [0.2, 0.25) is 0 Å². The summed E-state index contributed by atoms with van der Waals surface area (Å²) in [7, 11) is 1.71. The summed E-state index contributed by atoms with van der Waals surface area (Å²) in [5.74, 6) is 0.488. The van der Waals surface area contributed by atoms with E-state index in [9.17, 15) is 4.79 Å². The molecule has 2 aromatic rings. The smallest absolute Gasteiger partial charge is 0.251 e. The minimum atomic E-state index is -0.198. The van der Waals surface area contributed by atoms with E-state index in [0.717, 1.165) is 0 Å². The van der Waals surface area contributed by atoms with Crippen molar-refractivity contribution in [3.63, 3.8) is 0 Å². The van der Waals surface area contributed by atoms with Crippen LogP contribution in [-0.4, -0.2) is 32.0 Å². The Morgan fingerprint density at radius 3 is 2.58 bits per heavy atom. The van der Waals surface area contributed by atoms with Crippen molar-refractivity contribution in [1.82, 2.24) is 16.0 Å². The number of thiophene rings is 1. The fraction of sp³-hybridized carbons (Fsp3) is 0.250. The van der Waals surface area contributed by atoms with Gasteiger partial charge in [0.1, 0.15) is 0 Å². The van der Waals surface area contributed by atoms with Crippen LogP contribution in [0.2, 0.25) is 10.0 Å². The Hall–Kier alpha value is -1.76. The third-order valence-corrected chi connectivity index (χ3v) is 4.62. The van der Waals surface area contributed by atoms with Crippen molar-refractivity contribution in [3.05, 3.63) is 56.2 Å². The summed E-state index contributed by atoms with van der Waals surface area (Å²) < 4.78 is 0. The second-order valence-corrected chi connectivity index (χ2v) is 6.46. The number of rotatable bonds is 6. The molecule has 0 aliphatic rings. The largest absolute Gasteiger partial charge is 0.355 e. The number of hydrogen-bond acceptors (Lipinski definition) is 3. The lowest BCUT2D eigenvalue weighted by Crippen LogP contribution is -2.41. The summed E-state index contributed by atoms with van der Waals surface area (Å²) in [6.07, 6.45) is 0. The molecule has 0 fully saturated rings. The maximum Gasteiger partial charge on any atom is 0.251 e. The summed E-state index contributed by atoms with van der Waals surface area (Å²) in [4.78, 5) is 16.2. The predicted octanol–water partition coefficient (Wildman–Crippen LogP) is 3.15. The highest BCUT2D eigenvalue weighted by atomic mass is 35.5. The first-order valence-corrected chi connectivity index (χ1v) is 8.99. The molecule has 1 amide bonds. The van der Waals surface area contributed by atoms with Crippen molar-refractivity contribution in [2.24, 2.45) is 4.99 Å². The highest BCUT2D eigenvalue weighted by Crippen LogP contribution is 2.22. The fourth-order valence-corrected chi connectivity index (χ4v) is 2.86. The SMILES string of the molecule is CN=C(NCCNC(=O)c1ccc(Cl)c(Cl)c1)NCc1ccsc1. The number of nitrogens with zero attached hydrogens (tertiary/aromatic N) is 1. The van der Waals surface area contributed by atoms with Crippen LogP contribution in [0.5, 0.6) is 0 Å². The third kappa shape index (κ3) is 5.70. The topological polar surface area (TPSA) is 65.5 Å². The highest BCUT2D eigenvalue weighted by molar-refractivity contribution is 7.07. The Morgan fingerprint density at radius 2 is 1.92 bits per heavy atom. The van der Waals surface area contributed by atoms with E-state index < -0.39 is 0 Å². The van der Waals surface area contributed by atoms with Crippen LogP contribution < -0.4 is 16.0 Å². The molecule has 0 aliphatic carbocycles. The lowest BCUT2D eigenvalue weighted by molar-refractivity contribution is 0.0954. The number of carbonyl (C=O) groups excluding carboxylic acids is 1. The van der Waals surface area contributed by atoms with Gasteiger partial charge in [0.15, 0.2) is 5.96 Å². The maximum absolute atomic E-state index is 12.0. The minimum Gasteiger partial charge on any atom is -0.355 e. The predicted molar refractivity (Wildman–Crippen MR) is 101 cm³/mol. The molecule has 8 heteroatoms. The number of benzene rings is 1. The van der Waals surface area contributed by atoms with Crippen LogP contribution >= 0.6 is 34.5 Å². The molecule has 2 rings (SSSR count). The van der Waals surface area contributed by atoms with Gasteiger partial charge in [0, 0.05) is 32.2 Å². The second-order valence-electron chi connectivity index (χ2n) is 4.87. The quantitative estimate of drug-likeness (QED) is 0.407. The molecule has 0 bridgehead atoms. The first kappa shape index (κ1) is 18.6. The standard InChI is InChI=1S/C16H18Cl2N4OS/c1-19-16(22-9-11-4-7-24-10-11)21-6-5-20-15(23)12-2-3-13(17)14(18)8-12/h2-4,7-8,10H,5-6,9H2,1H3,(H,20,23)(H2,19,21,22). The number of hydrogen-bond donors (Lipinski definition) is 3. The maximum atomic E-state index is 12.0. The van der Waals surface area contributed by atoms with Crippen molar-refractivity contribution < 1.29 is 4.79 Å². The van der Waals surface area contributed by atoms with Crippen molar-refractivity contribution >= 4 is 46.4 Å². The zero-order valence-corrected chi connectivity index (χ0v) is 15.4. The van der Waals surface area contributed by atoms with Gasteiger partial charge in [-0.05, 0) is 40.6 Å². The van der Waals surface area contributed by atoms with Crippen LogP contribution in [-0.2, 0) is 6.54 Å². The Bertz CT molecular complexity index is 704. The molecule has 1 aromatic heterocycles. The molecule has 0 saturated carbocycles. The van der Waals surface area contributed by atoms with Gasteiger partial charge >= 0.3 is 0 Å². The number of nitrogens with one attached hydrogen (secondary N) is 3. The lowest BCUT2D eigenvalue weighted by Gasteiger charge is -2.12. The van der Waals surface area contributed by atoms with Crippen molar-refractivity contribution in [1.29, 1.82) is 0 Å². The first-order valence-electron chi connectivity index (χ1n) is 7.29. The highest BCUT2D eigenvalue weighted by Gasteiger charge is 2.07. The average Bonchev–Trinajstić information content (AvgIpc) is 3.10. The van der Waals surface area contributed by atoms with Crippen LogP contribution in [0.3, 0.4) is 0 Å². The summed E-state index contributed by atoms with van der Waals surface area (Å²) in [5.41, 5.74) is 1.68. The number of aliphatic imine (C=N–C) groups is 1. The molecule has 1 heterocycles. The molecule has 0 radical (unpaired) electrons. The van der Waals surface area contributed by atoms with Gasteiger partial charge in [-0.15, -0.1) is 0 Å². The summed E-state index contributed by atoms with van der Waals surface area (Å²) in [6.45, 7) is 1.72. The van der Waals surface area contributed by atoms with E-state index in [-0.39, 0.29) is 5.91 Å². The molecule has 0 atom stereocenters.